The molecule has 1 atom stereocenters. The van der Waals surface area contributed by atoms with Gasteiger partial charge >= 0.3 is 12.1 Å². The van der Waals surface area contributed by atoms with Gasteiger partial charge < -0.3 is 14.8 Å². The molecule has 0 saturated heterocycles. The zero-order valence-corrected chi connectivity index (χ0v) is 12.7. The molecular formula is C14H27NO4. The Morgan fingerprint density at radius 3 is 2.32 bits per heavy atom. The molecule has 0 aliphatic heterocycles. The van der Waals surface area contributed by atoms with E-state index in [1.807, 2.05) is 20.8 Å². The predicted octanol–water partition coefficient (Wildman–Crippen LogP) is 2.88. The van der Waals surface area contributed by atoms with Gasteiger partial charge in [-0.25, -0.2) is 9.59 Å². The highest BCUT2D eigenvalue weighted by molar-refractivity contribution is 5.80. The number of carbonyl (C=O) groups is 2. The average Bonchev–Trinajstić information content (AvgIpc) is 2.31. The van der Waals surface area contributed by atoms with E-state index in [-0.39, 0.29) is 5.41 Å². The topological polar surface area (TPSA) is 64.6 Å². The van der Waals surface area contributed by atoms with E-state index in [1.165, 1.54) is 0 Å². The summed E-state index contributed by atoms with van der Waals surface area (Å²) in [5, 5.41) is 2.46. The summed E-state index contributed by atoms with van der Waals surface area (Å²) in [6, 6.07) is -0.686. The number of carbonyl (C=O) groups excluding carboxylic acids is 2. The molecule has 0 bridgehead atoms. The highest BCUT2D eigenvalue weighted by atomic mass is 16.6. The van der Waals surface area contributed by atoms with E-state index in [4.69, 9.17) is 9.47 Å². The first-order valence-electron chi connectivity index (χ1n) is 6.86. The van der Waals surface area contributed by atoms with E-state index in [0.717, 1.165) is 19.3 Å². The maximum Gasteiger partial charge on any atom is 0.407 e. The van der Waals surface area contributed by atoms with Gasteiger partial charge in [-0.3, -0.25) is 0 Å². The van der Waals surface area contributed by atoms with Crippen molar-refractivity contribution in [3.05, 3.63) is 0 Å². The van der Waals surface area contributed by atoms with Crippen molar-refractivity contribution in [2.45, 2.75) is 59.9 Å². The lowest BCUT2D eigenvalue weighted by Gasteiger charge is -2.19. The van der Waals surface area contributed by atoms with E-state index in [1.54, 1.807) is 6.92 Å². The van der Waals surface area contributed by atoms with Gasteiger partial charge in [0.2, 0.25) is 0 Å². The fraction of sp³-hybridized carbons (Fsp3) is 0.857. The summed E-state index contributed by atoms with van der Waals surface area (Å²) in [6.45, 7) is 10.3. The maximum atomic E-state index is 11.6. The fourth-order valence-corrected chi connectivity index (χ4v) is 1.21. The normalized spacial score (nSPS) is 12.7. The third kappa shape index (κ3) is 10.4. The highest BCUT2D eigenvalue weighted by Gasteiger charge is 2.19. The van der Waals surface area contributed by atoms with Crippen LogP contribution in [0.3, 0.4) is 0 Å². The van der Waals surface area contributed by atoms with Crippen molar-refractivity contribution >= 4 is 12.1 Å². The third-order valence-corrected chi connectivity index (χ3v) is 2.32. The van der Waals surface area contributed by atoms with Crippen LogP contribution in [0.5, 0.6) is 0 Å². The lowest BCUT2D eigenvalue weighted by Crippen LogP contribution is -2.40. The van der Waals surface area contributed by atoms with Crippen molar-refractivity contribution in [2.75, 3.05) is 13.2 Å². The quantitative estimate of drug-likeness (QED) is 0.572. The van der Waals surface area contributed by atoms with Gasteiger partial charge in [-0.05, 0) is 18.8 Å². The van der Waals surface area contributed by atoms with E-state index >= 15 is 0 Å². The van der Waals surface area contributed by atoms with Gasteiger partial charge in [-0.2, -0.15) is 0 Å². The van der Waals surface area contributed by atoms with Crippen LogP contribution in [0.15, 0.2) is 0 Å². The fourth-order valence-electron chi connectivity index (χ4n) is 1.21. The van der Waals surface area contributed by atoms with Crippen LogP contribution in [0.4, 0.5) is 4.79 Å². The number of hydrogen-bond donors (Lipinski definition) is 1. The second-order valence-corrected chi connectivity index (χ2v) is 5.88. The van der Waals surface area contributed by atoms with Gasteiger partial charge in [0.15, 0.2) is 0 Å². The largest absolute Gasteiger partial charge is 0.464 e. The molecule has 0 spiro atoms. The Kier molecular flexibility index (Phi) is 8.19. The van der Waals surface area contributed by atoms with Crippen LogP contribution < -0.4 is 5.32 Å². The minimum atomic E-state index is -0.686. The predicted molar refractivity (Wildman–Crippen MR) is 73.9 cm³/mol. The Morgan fingerprint density at radius 2 is 1.79 bits per heavy atom. The van der Waals surface area contributed by atoms with Crippen LogP contribution in [0.25, 0.3) is 0 Å². The zero-order chi connectivity index (χ0) is 14.9. The van der Waals surface area contributed by atoms with Crippen molar-refractivity contribution < 1.29 is 19.1 Å². The van der Waals surface area contributed by atoms with Crippen molar-refractivity contribution in [1.82, 2.24) is 5.32 Å². The second kappa shape index (κ2) is 8.77. The summed E-state index contributed by atoms with van der Waals surface area (Å²) in [5.41, 5.74) is -0.0960. The van der Waals surface area contributed by atoms with Gasteiger partial charge in [0.1, 0.15) is 6.04 Å². The third-order valence-electron chi connectivity index (χ3n) is 2.32. The first kappa shape index (κ1) is 17.7. The van der Waals surface area contributed by atoms with Gasteiger partial charge in [0.25, 0.3) is 0 Å². The molecule has 0 radical (unpaired) electrons. The van der Waals surface area contributed by atoms with Crippen molar-refractivity contribution in [3.63, 3.8) is 0 Å². The molecule has 0 fully saturated rings. The first-order chi connectivity index (χ1) is 8.76. The van der Waals surface area contributed by atoms with E-state index in [0.29, 0.717) is 13.2 Å². The van der Waals surface area contributed by atoms with Crippen LogP contribution in [0.2, 0.25) is 0 Å². The summed E-state index contributed by atoms with van der Waals surface area (Å²) in [7, 11) is 0. The molecule has 0 heterocycles. The summed E-state index contributed by atoms with van der Waals surface area (Å²) < 4.78 is 10.1. The van der Waals surface area contributed by atoms with Gasteiger partial charge in [-0.1, -0.05) is 40.5 Å². The minimum absolute atomic E-state index is 0.0960. The Bertz CT molecular complexity index is 284. The van der Waals surface area contributed by atoms with E-state index in [9.17, 15) is 9.59 Å². The molecule has 0 saturated carbocycles. The molecule has 0 aromatic carbocycles. The molecule has 5 heteroatoms. The van der Waals surface area contributed by atoms with Crippen LogP contribution in [-0.2, 0) is 14.3 Å². The van der Waals surface area contributed by atoms with Crippen molar-refractivity contribution in [2.24, 2.45) is 5.41 Å². The van der Waals surface area contributed by atoms with Crippen molar-refractivity contribution in [3.8, 4) is 0 Å². The van der Waals surface area contributed by atoms with Crippen LogP contribution in [0, 0.1) is 5.41 Å². The van der Waals surface area contributed by atoms with Gasteiger partial charge in [0.05, 0.1) is 13.2 Å². The standard InChI is InChI=1S/C14H27NO4/c1-6-7-8-9-18-12(16)11(2)15-13(17)19-10-14(3,4)5/h11H,6-10H2,1-5H3,(H,15,17)/t11-/m0/s1. The summed E-state index contributed by atoms with van der Waals surface area (Å²) in [6.07, 6.45) is 2.37. The molecule has 0 unspecified atom stereocenters. The number of unbranched alkanes of at least 4 members (excludes halogenated alkanes) is 2. The Labute approximate surface area is 116 Å². The summed E-state index contributed by atoms with van der Waals surface area (Å²) in [5.74, 6) is -0.427. The van der Waals surface area contributed by atoms with Crippen LogP contribution in [-0.4, -0.2) is 31.3 Å². The zero-order valence-electron chi connectivity index (χ0n) is 12.7. The number of alkyl carbamates (subject to hydrolysis) is 1. The molecule has 5 nitrogen and oxygen atoms in total. The highest BCUT2D eigenvalue weighted by Crippen LogP contribution is 2.12. The monoisotopic (exact) mass is 273 g/mol. The second-order valence-electron chi connectivity index (χ2n) is 5.88. The van der Waals surface area contributed by atoms with Crippen LogP contribution in [0.1, 0.15) is 53.9 Å². The van der Waals surface area contributed by atoms with Crippen molar-refractivity contribution in [1.29, 1.82) is 0 Å². The number of hydrogen-bond acceptors (Lipinski definition) is 4. The number of esters is 1. The molecule has 1 N–H and O–H groups in total. The number of amides is 1. The van der Waals surface area contributed by atoms with Gasteiger partial charge in [0, 0.05) is 0 Å². The summed E-state index contributed by atoms with van der Waals surface area (Å²) >= 11 is 0. The SMILES string of the molecule is CCCCCOC(=O)[C@H](C)NC(=O)OCC(C)(C)C. The molecule has 19 heavy (non-hydrogen) atoms. The number of rotatable bonds is 7. The summed E-state index contributed by atoms with van der Waals surface area (Å²) in [4.78, 5) is 23.0. The Hall–Kier alpha value is -1.26. The Balaban J connectivity index is 3.85. The molecular weight excluding hydrogens is 246 g/mol. The van der Waals surface area contributed by atoms with Gasteiger partial charge in [-0.15, -0.1) is 0 Å². The van der Waals surface area contributed by atoms with E-state index in [2.05, 4.69) is 12.2 Å². The molecule has 0 aliphatic rings. The minimum Gasteiger partial charge on any atom is -0.464 e. The number of nitrogens with one attached hydrogen (secondary N) is 1. The lowest BCUT2D eigenvalue weighted by molar-refractivity contribution is -0.145. The maximum absolute atomic E-state index is 11.6. The lowest BCUT2D eigenvalue weighted by atomic mass is 9.99. The molecule has 0 aliphatic carbocycles. The Morgan fingerprint density at radius 1 is 1.16 bits per heavy atom. The molecule has 0 aromatic rings. The van der Waals surface area contributed by atoms with Crippen LogP contribution >= 0.6 is 0 Å². The average molecular weight is 273 g/mol. The molecule has 0 rings (SSSR count). The molecule has 112 valence electrons. The smallest absolute Gasteiger partial charge is 0.407 e. The molecule has 0 aromatic heterocycles. The first-order valence-corrected chi connectivity index (χ1v) is 6.86. The number of ether oxygens (including phenoxy) is 2. The van der Waals surface area contributed by atoms with E-state index < -0.39 is 18.1 Å². The molecule has 1 amide bonds.